The van der Waals surface area contributed by atoms with Crippen LogP contribution in [0.2, 0.25) is 0 Å². The van der Waals surface area contributed by atoms with Gasteiger partial charge in [-0.1, -0.05) is 62.0 Å². The molecule has 0 aromatic carbocycles. The summed E-state index contributed by atoms with van der Waals surface area (Å²) < 4.78 is 0. The number of aliphatic hydroxyl groups is 3. The number of carboxylic acid groups (broad SMARTS) is 1. The van der Waals surface area contributed by atoms with Crippen LogP contribution in [0.4, 0.5) is 0 Å². The van der Waals surface area contributed by atoms with Crippen LogP contribution in [0.15, 0.2) is 48.6 Å². The standard InChI is InChI=1S/C22H34O5/c1-2-18-19(21(25)16-20(18)24)15-14-17(23)12-10-8-6-4-3-5-7-9-11-13-22(26)27/h3-4,7-10,14-15,17-21,23-25H,2,5-6,11-13,16H2,1H3,(H,26,27)/b4-3-,9-7-,10-8-,15-14+/t17-,18-,19-,20+,21-/m1/s1. The molecule has 5 heteroatoms. The summed E-state index contributed by atoms with van der Waals surface area (Å²) in [6, 6.07) is 0. The Hall–Kier alpha value is -1.69. The molecule has 1 aliphatic rings. The van der Waals surface area contributed by atoms with Gasteiger partial charge in [-0.25, -0.2) is 0 Å². The Morgan fingerprint density at radius 3 is 2.30 bits per heavy atom. The Morgan fingerprint density at radius 2 is 1.67 bits per heavy atom. The summed E-state index contributed by atoms with van der Waals surface area (Å²) in [6.07, 6.45) is 17.8. The third-order valence-corrected chi connectivity index (χ3v) is 4.89. The van der Waals surface area contributed by atoms with Gasteiger partial charge in [0.2, 0.25) is 0 Å². The highest BCUT2D eigenvalue weighted by Gasteiger charge is 2.38. The predicted octanol–water partition coefficient (Wildman–Crippen LogP) is 3.38. The summed E-state index contributed by atoms with van der Waals surface area (Å²) in [6.45, 7) is 2.01. The van der Waals surface area contributed by atoms with Crippen molar-refractivity contribution in [3.05, 3.63) is 48.6 Å². The molecule has 5 atom stereocenters. The smallest absolute Gasteiger partial charge is 0.303 e. The second kappa shape index (κ2) is 13.5. The molecular formula is C22H34O5. The average molecular weight is 379 g/mol. The Morgan fingerprint density at radius 1 is 1.04 bits per heavy atom. The largest absolute Gasteiger partial charge is 0.481 e. The van der Waals surface area contributed by atoms with E-state index in [9.17, 15) is 20.1 Å². The zero-order valence-electron chi connectivity index (χ0n) is 16.2. The van der Waals surface area contributed by atoms with E-state index in [1.54, 1.807) is 6.08 Å². The van der Waals surface area contributed by atoms with E-state index < -0.39 is 24.3 Å². The molecular weight excluding hydrogens is 344 g/mol. The molecule has 0 aromatic rings. The van der Waals surface area contributed by atoms with Gasteiger partial charge in [0.05, 0.1) is 18.3 Å². The van der Waals surface area contributed by atoms with Crippen molar-refractivity contribution in [1.29, 1.82) is 0 Å². The lowest BCUT2D eigenvalue weighted by molar-refractivity contribution is -0.136. The molecule has 1 aliphatic carbocycles. The van der Waals surface area contributed by atoms with Crippen LogP contribution < -0.4 is 0 Å². The normalized spacial score (nSPS) is 27.6. The molecule has 0 heterocycles. The third-order valence-electron chi connectivity index (χ3n) is 4.89. The van der Waals surface area contributed by atoms with Crippen LogP contribution in [0.3, 0.4) is 0 Å². The van der Waals surface area contributed by atoms with E-state index >= 15 is 0 Å². The number of hydrogen-bond donors (Lipinski definition) is 4. The van der Waals surface area contributed by atoms with Gasteiger partial charge in [-0.15, -0.1) is 0 Å². The highest BCUT2D eigenvalue weighted by Crippen LogP contribution is 2.35. The lowest BCUT2D eigenvalue weighted by Crippen LogP contribution is -2.20. The third kappa shape index (κ3) is 9.70. The van der Waals surface area contributed by atoms with Crippen LogP contribution in [0.5, 0.6) is 0 Å². The van der Waals surface area contributed by atoms with E-state index in [-0.39, 0.29) is 18.3 Å². The van der Waals surface area contributed by atoms with Gasteiger partial charge < -0.3 is 20.4 Å². The number of allylic oxidation sites excluding steroid dienone is 5. The summed E-state index contributed by atoms with van der Waals surface area (Å²) in [7, 11) is 0. The van der Waals surface area contributed by atoms with E-state index in [0.717, 1.165) is 19.3 Å². The molecule has 0 aliphatic heterocycles. The minimum absolute atomic E-state index is 0.0577. The quantitative estimate of drug-likeness (QED) is 0.390. The first-order valence-corrected chi connectivity index (χ1v) is 9.85. The van der Waals surface area contributed by atoms with Crippen molar-refractivity contribution in [2.75, 3.05) is 0 Å². The first kappa shape index (κ1) is 23.3. The molecule has 1 fully saturated rings. The molecule has 0 bridgehead atoms. The molecule has 5 nitrogen and oxygen atoms in total. The van der Waals surface area contributed by atoms with Crippen molar-refractivity contribution in [3.63, 3.8) is 0 Å². The Balaban J connectivity index is 2.21. The lowest BCUT2D eigenvalue weighted by atomic mass is 9.90. The molecule has 1 saturated carbocycles. The van der Waals surface area contributed by atoms with Crippen LogP contribution in [-0.4, -0.2) is 44.7 Å². The van der Waals surface area contributed by atoms with Crippen molar-refractivity contribution in [2.45, 2.75) is 70.2 Å². The van der Waals surface area contributed by atoms with Gasteiger partial charge in [0.25, 0.3) is 0 Å². The van der Waals surface area contributed by atoms with E-state index in [0.29, 0.717) is 19.3 Å². The fourth-order valence-corrected chi connectivity index (χ4v) is 3.37. The minimum atomic E-state index is -0.778. The van der Waals surface area contributed by atoms with E-state index in [1.807, 2.05) is 49.5 Å². The SMILES string of the molecule is CC[C@@H]1[C@@H](/C=C/[C@H](O)C/C=C\C/C=C\C/C=C\CCC(=O)O)[C@H](O)C[C@@H]1O. The summed E-state index contributed by atoms with van der Waals surface area (Å²) in [4.78, 5) is 10.3. The molecule has 0 unspecified atom stereocenters. The first-order chi connectivity index (χ1) is 13.0. The average Bonchev–Trinajstić information content (AvgIpc) is 2.90. The van der Waals surface area contributed by atoms with Gasteiger partial charge in [-0.05, 0) is 31.6 Å². The summed E-state index contributed by atoms with van der Waals surface area (Å²) in [5.41, 5.74) is 0. The predicted molar refractivity (Wildman–Crippen MR) is 107 cm³/mol. The van der Waals surface area contributed by atoms with Crippen molar-refractivity contribution in [3.8, 4) is 0 Å². The minimum Gasteiger partial charge on any atom is -0.481 e. The number of hydrogen-bond acceptors (Lipinski definition) is 4. The molecule has 0 aromatic heterocycles. The number of aliphatic carboxylic acids is 1. The Labute approximate surface area is 162 Å². The molecule has 0 radical (unpaired) electrons. The van der Waals surface area contributed by atoms with Crippen LogP contribution >= 0.6 is 0 Å². The van der Waals surface area contributed by atoms with Crippen molar-refractivity contribution < 1.29 is 25.2 Å². The van der Waals surface area contributed by atoms with Crippen LogP contribution in [0, 0.1) is 11.8 Å². The van der Waals surface area contributed by atoms with Gasteiger partial charge in [0.15, 0.2) is 0 Å². The molecule has 1 rings (SSSR count). The Bertz CT molecular complexity index is 535. The maximum absolute atomic E-state index is 10.3. The second-order valence-corrected chi connectivity index (χ2v) is 7.03. The van der Waals surface area contributed by atoms with Gasteiger partial charge in [-0.3, -0.25) is 4.79 Å². The molecule has 0 spiro atoms. The van der Waals surface area contributed by atoms with Gasteiger partial charge >= 0.3 is 5.97 Å². The number of carboxylic acids is 1. The molecule has 152 valence electrons. The second-order valence-electron chi connectivity index (χ2n) is 7.03. The van der Waals surface area contributed by atoms with Gasteiger partial charge in [0.1, 0.15) is 0 Å². The number of carbonyl (C=O) groups is 1. The van der Waals surface area contributed by atoms with Crippen molar-refractivity contribution in [2.24, 2.45) is 11.8 Å². The molecule has 4 N–H and O–H groups in total. The van der Waals surface area contributed by atoms with Gasteiger partial charge in [0, 0.05) is 18.8 Å². The molecule has 27 heavy (non-hydrogen) atoms. The van der Waals surface area contributed by atoms with E-state index in [1.165, 1.54) is 0 Å². The molecule has 0 saturated heterocycles. The highest BCUT2D eigenvalue weighted by molar-refractivity contribution is 5.66. The zero-order chi connectivity index (χ0) is 20.1. The number of aliphatic hydroxyl groups excluding tert-OH is 3. The fourth-order valence-electron chi connectivity index (χ4n) is 3.37. The molecule has 0 amide bonds. The number of rotatable bonds is 12. The lowest BCUT2D eigenvalue weighted by Gasteiger charge is -2.19. The monoisotopic (exact) mass is 378 g/mol. The maximum Gasteiger partial charge on any atom is 0.303 e. The topological polar surface area (TPSA) is 98.0 Å². The first-order valence-electron chi connectivity index (χ1n) is 9.85. The maximum atomic E-state index is 10.3. The Kier molecular flexibility index (Phi) is 11.7. The summed E-state index contributed by atoms with van der Waals surface area (Å²) >= 11 is 0. The van der Waals surface area contributed by atoms with Crippen molar-refractivity contribution >= 4 is 5.97 Å². The highest BCUT2D eigenvalue weighted by atomic mass is 16.4. The van der Waals surface area contributed by atoms with E-state index in [2.05, 4.69) is 0 Å². The van der Waals surface area contributed by atoms with Crippen molar-refractivity contribution in [1.82, 2.24) is 0 Å². The van der Waals surface area contributed by atoms with Gasteiger partial charge in [-0.2, -0.15) is 0 Å². The summed E-state index contributed by atoms with van der Waals surface area (Å²) in [5, 5.41) is 38.5. The fraction of sp³-hybridized carbons (Fsp3) is 0.591. The van der Waals surface area contributed by atoms with Crippen LogP contribution in [-0.2, 0) is 4.79 Å². The summed E-state index contributed by atoms with van der Waals surface area (Å²) in [5.74, 6) is -0.808. The van der Waals surface area contributed by atoms with Crippen LogP contribution in [0.25, 0.3) is 0 Å². The van der Waals surface area contributed by atoms with Crippen LogP contribution in [0.1, 0.15) is 51.9 Å². The van der Waals surface area contributed by atoms with E-state index in [4.69, 9.17) is 5.11 Å². The zero-order valence-corrected chi connectivity index (χ0v) is 16.2.